The minimum atomic E-state index is 0.522. The molecule has 1 aliphatic carbocycles. The van der Waals surface area contributed by atoms with Crippen LogP contribution in [0.3, 0.4) is 0 Å². The van der Waals surface area contributed by atoms with Gasteiger partial charge in [-0.1, -0.05) is 24.4 Å². The highest BCUT2D eigenvalue weighted by Gasteiger charge is 2.23. The van der Waals surface area contributed by atoms with Gasteiger partial charge in [-0.2, -0.15) is 0 Å². The molecule has 0 saturated heterocycles. The smallest absolute Gasteiger partial charge is 0.196 e. The molecule has 4 rings (SSSR count). The molecule has 1 aliphatic rings. The summed E-state index contributed by atoms with van der Waals surface area (Å²) in [7, 11) is 0. The van der Waals surface area contributed by atoms with E-state index in [4.69, 9.17) is 16.6 Å². The molecular weight excluding hydrogens is 328 g/mol. The van der Waals surface area contributed by atoms with Crippen molar-refractivity contribution < 1.29 is 0 Å². The van der Waals surface area contributed by atoms with Crippen molar-refractivity contribution in [3.05, 3.63) is 34.1 Å². The molecule has 1 N–H and O–H groups in total. The number of hydrogen-bond donors (Lipinski definition) is 1. The highest BCUT2D eigenvalue weighted by molar-refractivity contribution is 7.17. The third kappa shape index (κ3) is 2.52. The first-order valence-corrected chi connectivity index (χ1v) is 9.19. The first kappa shape index (κ1) is 15.0. The van der Waals surface area contributed by atoms with Crippen LogP contribution in [-0.2, 0) is 0 Å². The predicted octanol–water partition coefficient (Wildman–Crippen LogP) is 5.08. The zero-order chi connectivity index (χ0) is 16.0. The Hall–Kier alpha value is -1.59. The highest BCUT2D eigenvalue weighted by Crippen LogP contribution is 2.38. The molecule has 120 valence electrons. The fourth-order valence-corrected chi connectivity index (χ4v) is 4.48. The summed E-state index contributed by atoms with van der Waals surface area (Å²) >= 11 is 8.10. The lowest BCUT2D eigenvalue weighted by Crippen LogP contribution is -2.16. The van der Waals surface area contributed by atoms with Crippen LogP contribution in [0.25, 0.3) is 16.2 Å². The Labute approximate surface area is 144 Å². The number of imidazole rings is 1. The van der Waals surface area contributed by atoms with E-state index in [-0.39, 0.29) is 0 Å². The van der Waals surface area contributed by atoms with Gasteiger partial charge in [-0.25, -0.2) is 4.98 Å². The van der Waals surface area contributed by atoms with Crippen molar-refractivity contribution in [3.63, 3.8) is 0 Å². The third-order valence-corrected chi connectivity index (χ3v) is 6.02. The second kappa shape index (κ2) is 5.80. The van der Waals surface area contributed by atoms with Crippen molar-refractivity contribution in [1.29, 1.82) is 0 Å². The first-order chi connectivity index (χ1) is 11.1. The quantitative estimate of drug-likeness (QED) is 0.718. The topological polar surface area (TPSA) is 42.2 Å². The van der Waals surface area contributed by atoms with E-state index in [9.17, 15) is 0 Å². The molecule has 6 heteroatoms. The van der Waals surface area contributed by atoms with Crippen LogP contribution in [-0.4, -0.2) is 20.4 Å². The van der Waals surface area contributed by atoms with Crippen molar-refractivity contribution >= 4 is 33.7 Å². The van der Waals surface area contributed by atoms with E-state index in [1.807, 2.05) is 6.07 Å². The number of anilines is 1. The molecule has 0 atom stereocenters. The molecule has 0 amide bonds. The number of fused-ring (bicyclic) bond motifs is 1. The maximum absolute atomic E-state index is 6.38. The lowest BCUT2D eigenvalue weighted by molar-refractivity contribution is 0.748. The Kier molecular flexibility index (Phi) is 3.77. The van der Waals surface area contributed by atoms with Crippen LogP contribution in [0.2, 0.25) is 5.02 Å². The van der Waals surface area contributed by atoms with E-state index < -0.39 is 0 Å². The van der Waals surface area contributed by atoms with Gasteiger partial charge in [0.2, 0.25) is 0 Å². The molecule has 3 aromatic rings. The number of aromatic nitrogens is 3. The van der Waals surface area contributed by atoms with Crippen molar-refractivity contribution in [2.45, 2.75) is 45.6 Å². The van der Waals surface area contributed by atoms with Gasteiger partial charge in [0.1, 0.15) is 11.5 Å². The fourth-order valence-electron chi connectivity index (χ4n) is 3.30. The van der Waals surface area contributed by atoms with Gasteiger partial charge < -0.3 is 5.32 Å². The maximum atomic E-state index is 6.38. The Morgan fingerprint density at radius 3 is 2.83 bits per heavy atom. The van der Waals surface area contributed by atoms with E-state index in [1.54, 1.807) is 23.7 Å². The molecule has 3 aromatic heterocycles. The zero-order valence-electron chi connectivity index (χ0n) is 13.3. The SMILES string of the molecule is Cc1sc2nc(-c3ccncc3Cl)c(NC3CCCC3)n2c1C. The van der Waals surface area contributed by atoms with E-state index >= 15 is 0 Å². The molecule has 1 saturated carbocycles. The van der Waals surface area contributed by atoms with Crippen LogP contribution in [0, 0.1) is 13.8 Å². The number of halogens is 1. The van der Waals surface area contributed by atoms with Crippen molar-refractivity contribution in [2.75, 3.05) is 5.32 Å². The van der Waals surface area contributed by atoms with Crippen LogP contribution in [0.4, 0.5) is 5.82 Å². The Morgan fingerprint density at radius 1 is 1.30 bits per heavy atom. The van der Waals surface area contributed by atoms with E-state index in [1.165, 1.54) is 36.3 Å². The largest absolute Gasteiger partial charge is 0.367 e. The molecule has 0 unspecified atom stereocenters. The van der Waals surface area contributed by atoms with Crippen LogP contribution in [0.5, 0.6) is 0 Å². The van der Waals surface area contributed by atoms with Gasteiger partial charge in [0, 0.05) is 34.6 Å². The van der Waals surface area contributed by atoms with Gasteiger partial charge in [-0.05, 0) is 32.8 Å². The number of hydrogen-bond acceptors (Lipinski definition) is 4. The number of nitrogens with zero attached hydrogens (tertiary/aromatic N) is 3. The van der Waals surface area contributed by atoms with E-state index in [0.29, 0.717) is 11.1 Å². The summed E-state index contributed by atoms with van der Waals surface area (Å²) in [6.07, 6.45) is 8.49. The van der Waals surface area contributed by atoms with Gasteiger partial charge in [0.25, 0.3) is 0 Å². The standard InChI is InChI=1S/C17H19ClN4S/c1-10-11(2)23-17-21-15(13-7-8-19-9-14(13)18)16(22(10)17)20-12-5-3-4-6-12/h7-9,12,20H,3-6H2,1-2H3. The summed E-state index contributed by atoms with van der Waals surface area (Å²) in [6, 6.07) is 2.46. The predicted molar refractivity (Wildman–Crippen MR) is 96.7 cm³/mol. The minimum Gasteiger partial charge on any atom is -0.367 e. The van der Waals surface area contributed by atoms with E-state index in [0.717, 1.165) is 22.0 Å². The summed E-state index contributed by atoms with van der Waals surface area (Å²) in [5, 5.41) is 4.38. The summed E-state index contributed by atoms with van der Waals surface area (Å²) in [5.74, 6) is 1.07. The number of pyridine rings is 1. The van der Waals surface area contributed by atoms with Gasteiger partial charge >= 0.3 is 0 Å². The molecule has 3 heterocycles. The fraction of sp³-hybridized carbons (Fsp3) is 0.412. The van der Waals surface area contributed by atoms with Crippen molar-refractivity contribution in [3.8, 4) is 11.3 Å². The normalized spacial score (nSPS) is 15.6. The van der Waals surface area contributed by atoms with Gasteiger partial charge in [0.05, 0.1) is 5.02 Å². The maximum Gasteiger partial charge on any atom is 0.196 e. The molecule has 0 aromatic carbocycles. The molecule has 0 bridgehead atoms. The number of thiazole rings is 1. The monoisotopic (exact) mass is 346 g/mol. The lowest BCUT2D eigenvalue weighted by Gasteiger charge is -2.15. The molecule has 1 fully saturated rings. The van der Waals surface area contributed by atoms with Crippen LogP contribution in [0.15, 0.2) is 18.5 Å². The summed E-state index contributed by atoms with van der Waals surface area (Å²) < 4.78 is 2.24. The Morgan fingerprint density at radius 2 is 2.09 bits per heavy atom. The molecule has 4 nitrogen and oxygen atoms in total. The second-order valence-electron chi connectivity index (χ2n) is 6.15. The van der Waals surface area contributed by atoms with Gasteiger partial charge in [-0.3, -0.25) is 9.38 Å². The number of nitrogens with one attached hydrogen (secondary N) is 1. The zero-order valence-corrected chi connectivity index (χ0v) is 14.8. The van der Waals surface area contributed by atoms with Gasteiger partial charge in [-0.15, -0.1) is 11.3 Å². The Bertz CT molecular complexity index is 861. The van der Waals surface area contributed by atoms with Crippen LogP contribution >= 0.6 is 22.9 Å². The van der Waals surface area contributed by atoms with E-state index in [2.05, 4.69) is 28.5 Å². The summed E-state index contributed by atoms with van der Waals surface area (Å²) in [4.78, 5) is 11.3. The number of rotatable bonds is 3. The summed E-state index contributed by atoms with van der Waals surface area (Å²) in [5.41, 5.74) is 3.11. The molecule has 0 radical (unpaired) electrons. The minimum absolute atomic E-state index is 0.522. The van der Waals surface area contributed by atoms with Crippen LogP contribution < -0.4 is 5.32 Å². The van der Waals surface area contributed by atoms with Gasteiger partial charge in [0.15, 0.2) is 4.96 Å². The van der Waals surface area contributed by atoms with Crippen molar-refractivity contribution in [1.82, 2.24) is 14.4 Å². The lowest BCUT2D eigenvalue weighted by atomic mass is 10.2. The molecular formula is C17H19ClN4S. The molecule has 23 heavy (non-hydrogen) atoms. The van der Waals surface area contributed by atoms with Crippen LogP contribution in [0.1, 0.15) is 36.3 Å². The van der Waals surface area contributed by atoms with Crippen molar-refractivity contribution in [2.24, 2.45) is 0 Å². The highest BCUT2D eigenvalue weighted by atomic mass is 35.5. The summed E-state index contributed by atoms with van der Waals surface area (Å²) in [6.45, 7) is 4.30. The molecule has 0 aliphatic heterocycles. The Balaban J connectivity index is 1.90. The average Bonchev–Trinajstić information content (AvgIpc) is 3.21. The third-order valence-electron chi connectivity index (χ3n) is 4.66. The first-order valence-electron chi connectivity index (χ1n) is 8.00. The second-order valence-corrected chi connectivity index (χ2v) is 7.74. The number of aryl methyl sites for hydroxylation is 2. The average molecular weight is 347 g/mol. The molecule has 0 spiro atoms.